The Morgan fingerprint density at radius 2 is 2.15 bits per heavy atom. The maximum Gasteiger partial charge on any atom is 0.220 e. The highest BCUT2D eigenvalue weighted by Crippen LogP contribution is 2.03. The summed E-state index contributed by atoms with van der Waals surface area (Å²) in [6, 6.07) is 0. The van der Waals surface area contributed by atoms with Crippen LogP contribution < -0.4 is 5.32 Å². The van der Waals surface area contributed by atoms with E-state index in [2.05, 4.69) is 12.2 Å². The van der Waals surface area contributed by atoms with Crippen molar-refractivity contribution in [3.63, 3.8) is 0 Å². The Bertz CT molecular complexity index is 151. The predicted molar refractivity (Wildman–Crippen MR) is 56.9 cm³/mol. The number of carbonyl (C=O) groups is 1. The lowest BCUT2D eigenvalue weighted by atomic mass is 10.2. The molecule has 0 aromatic rings. The zero-order valence-electron chi connectivity index (χ0n) is 8.54. The van der Waals surface area contributed by atoms with Gasteiger partial charge in [0.2, 0.25) is 5.91 Å². The largest absolute Gasteiger partial charge is 0.393 e. The number of thioether (sulfide) groups is 1. The number of rotatable bonds is 6. The fourth-order valence-electron chi connectivity index (χ4n) is 0.769. The van der Waals surface area contributed by atoms with Crippen LogP contribution in [0.1, 0.15) is 26.7 Å². The van der Waals surface area contributed by atoms with Gasteiger partial charge in [0.15, 0.2) is 0 Å². The van der Waals surface area contributed by atoms with Crippen molar-refractivity contribution in [1.29, 1.82) is 0 Å². The molecule has 4 heteroatoms. The number of hydrogen-bond donors (Lipinski definition) is 2. The zero-order chi connectivity index (χ0) is 10.3. The minimum Gasteiger partial charge on any atom is -0.393 e. The highest BCUT2D eigenvalue weighted by Gasteiger charge is 2.05. The van der Waals surface area contributed by atoms with E-state index in [1.54, 1.807) is 18.7 Å². The molecule has 0 aromatic carbocycles. The summed E-state index contributed by atoms with van der Waals surface area (Å²) in [6.45, 7) is 4.47. The van der Waals surface area contributed by atoms with E-state index in [0.717, 1.165) is 0 Å². The molecule has 1 amide bonds. The summed E-state index contributed by atoms with van der Waals surface area (Å²) < 4.78 is 0. The molecule has 0 radical (unpaired) electrons. The molecular formula is C9H19NO2S. The topological polar surface area (TPSA) is 49.3 Å². The van der Waals surface area contributed by atoms with Gasteiger partial charge in [-0.25, -0.2) is 0 Å². The standard InChI is InChI=1S/C9H19NO2S/c1-7(11)4-5-9(12)10-6-8(2)13-3/h7-8,11H,4-6H2,1-3H3,(H,10,12). The van der Waals surface area contributed by atoms with Crippen molar-refractivity contribution in [2.45, 2.75) is 38.0 Å². The highest BCUT2D eigenvalue weighted by atomic mass is 32.2. The van der Waals surface area contributed by atoms with Crippen molar-refractivity contribution in [3.05, 3.63) is 0 Å². The molecular weight excluding hydrogens is 186 g/mol. The maximum absolute atomic E-state index is 11.1. The summed E-state index contributed by atoms with van der Waals surface area (Å²) in [6.07, 6.45) is 2.59. The van der Waals surface area contributed by atoms with Crippen molar-refractivity contribution in [2.24, 2.45) is 0 Å². The van der Waals surface area contributed by atoms with Crippen LogP contribution in [0.2, 0.25) is 0 Å². The minimum absolute atomic E-state index is 0.0294. The summed E-state index contributed by atoms with van der Waals surface area (Å²) in [5.74, 6) is 0.0294. The van der Waals surface area contributed by atoms with E-state index >= 15 is 0 Å². The number of carbonyl (C=O) groups excluding carboxylic acids is 1. The number of amides is 1. The molecule has 0 aliphatic carbocycles. The third kappa shape index (κ3) is 8.12. The minimum atomic E-state index is -0.385. The van der Waals surface area contributed by atoms with E-state index in [1.807, 2.05) is 6.26 Å². The lowest BCUT2D eigenvalue weighted by molar-refractivity contribution is -0.121. The van der Waals surface area contributed by atoms with Crippen molar-refractivity contribution in [3.8, 4) is 0 Å². The van der Waals surface area contributed by atoms with Gasteiger partial charge < -0.3 is 10.4 Å². The molecule has 3 nitrogen and oxygen atoms in total. The fourth-order valence-corrected chi connectivity index (χ4v) is 1.02. The molecule has 0 aliphatic heterocycles. The second-order valence-corrected chi connectivity index (χ2v) is 4.51. The Labute approximate surface area is 84.3 Å². The molecule has 0 saturated heterocycles. The second-order valence-electron chi connectivity index (χ2n) is 3.24. The Hall–Kier alpha value is -0.220. The van der Waals surface area contributed by atoms with Crippen LogP contribution in [0, 0.1) is 0 Å². The van der Waals surface area contributed by atoms with Gasteiger partial charge >= 0.3 is 0 Å². The first kappa shape index (κ1) is 12.8. The Morgan fingerprint density at radius 1 is 1.54 bits per heavy atom. The molecule has 0 rings (SSSR count). The molecule has 0 heterocycles. The van der Waals surface area contributed by atoms with Crippen molar-refractivity contribution < 1.29 is 9.90 Å². The summed E-state index contributed by atoms with van der Waals surface area (Å²) in [7, 11) is 0. The van der Waals surface area contributed by atoms with Gasteiger partial charge in [0.1, 0.15) is 0 Å². The molecule has 0 fully saturated rings. The van der Waals surface area contributed by atoms with Gasteiger partial charge in [-0.15, -0.1) is 0 Å². The normalized spacial score (nSPS) is 15.1. The molecule has 2 N–H and O–H groups in total. The number of hydrogen-bond acceptors (Lipinski definition) is 3. The molecule has 13 heavy (non-hydrogen) atoms. The van der Waals surface area contributed by atoms with E-state index in [1.165, 1.54) is 0 Å². The third-order valence-electron chi connectivity index (χ3n) is 1.78. The SMILES string of the molecule is CSC(C)CNC(=O)CCC(C)O. The molecule has 2 unspecified atom stereocenters. The van der Waals surface area contributed by atoms with Gasteiger partial charge in [-0.05, 0) is 19.6 Å². The van der Waals surface area contributed by atoms with Crippen LogP contribution in [0.25, 0.3) is 0 Å². The van der Waals surface area contributed by atoms with Crippen LogP contribution in [-0.2, 0) is 4.79 Å². The van der Waals surface area contributed by atoms with Gasteiger partial charge in [-0.1, -0.05) is 6.92 Å². The molecule has 0 aromatic heterocycles. The van der Waals surface area contributed by atoms with Gasteiger partial charge in [0, 0.05) is 18.2 Å². The third-order valence-corrected chi connectivity index (χ3v) is 2.75. The van der Waals surface area contributed by atoms with Crippen LogP contribution in [0.15, 0.2) is 0 Å². The molecule has 0 spiro atoms. The monoisotopic (exact) mass is 205 g/mol. The van der Waals surface area contributed by atoms with Crippen LogP contribution in [0.3, 0.4) is 0 Å². The molecule has 2 atom stereocenters. The van der Waals surface area contributed by atoms with E-state index in [4.69, 9.17) is 5.11 Å². The summed E-state index contributed by atoms with van der Waals surface area (Å²) in [5.41, 5.74) is 0. The van der Waals surface area contributed by atoms with E-state index < -0.39 is 0 Å². The zero-order valence-corrected chi connectivity index (χ0v) is 9.36. The molecule has 0 saturated carbocycles. The smallest absolute Gasteiger partial charge is 0.220 e. The molecule has 0 bridgehead atoms. The average Bonchev–Trinajstić information content (AvgIpc) is 2.10. The molecule has 0 aliphatic rings. The van der Waals surface area contributed by atoms with Crippen molar-refractivity contribution in [2.75, 3.05) is 12.8 Å². The number of aliphatic hydroxyl groups is 1. The van der Waals surface area contributed by atoms with Crippen LogP contribution in [0.4, 0.5) is 0 Å². The number of aliphatic hydroxyl groups excluding tert-OH is 1. The highest BCUT2D eigenvalue weighted by molar-refractivity contribution is 7.99. The first-order valence-electron chi connectivity index (χ1n) is 4.53. The first-order valence-corrected chi connectivity index (χ1v) is 5.82. The van der Waals surface area contributed by atoms with E-state index in [-0.39, 0.29) is 12.0 Å². The number of nitrogens with one attached hydrogen (secondary N) is 1. The predicted octanol–water partition coefficient (Wildman–Crippen LogP) is 1.02. The van der Waals surface area contributed by atoms with Gasteiger partial charge in [0.05, 0.1) is 6.10 Å². The Kier molecular flexibility index (Phi) is 7.09. The fraction of sp³-hybridized carbons (Fsp3) is 0.889. The summed E-state index contributed by atoms with van der Waals surface area (Å²) >= 11 is 1.73. The van der Waals surface area contributed by atoms with E-state index in [0.29, 0.717) is 24.6 Å². The van der Waals surface area contributed by atoms with Crippen LogP contribution >= 0.6 is 11.8 Å². The lowest BCUT2D eigenvalue weighted by Crippen LogP contribution is -2.29. The lowest BCUT2D eigenvalue weighted by Gasteiger charge is -2.10. The average molecular weight is 205 g/mol. The molecule has 78 valence electrons. The second kappa shape index (κ2) is 7.21. The first-order chi connectivity index (χ1) is 6.06. The van der Waals surface area contributed by atoms with Crippen LogP contribution in [-0.4, -0.2) is 35.2 Å². The van der Waals surface area contributed by atoms with Crippen molar-refractivity contribution in [1.82, 2.24) is 5.32 Å². The van der Waals surface area contributed by atoms with Gasteiger partial charge in [0.25, 0.3) is 0 Å². The van der Waals surface area contributed by atoms with E-state index in [9.17, 15) is 4.79 Å². The van der Waals surface area contributed by atoms with Crippen LogP contribution in [0.5, 0.6) is 0 Å². The summed E-state index contributed by atoms with van der Waals surface area (Å²) in [4.78, 5) is 11.1. The quantitative estimate of drug-likeness (QED) is 0.680. The maximum atomic E-state index is 11.1. The summed E-state index contributed by atoms with van der Waals surface area (Å²) in [5, 5.41) is 12.2. The Morgan fingerprint density at radius 3 is 2.62 bits per heavy atom. The van der Waals surface area contributed by atoms with Gasteiger partial charge in [-0.3, -0.25) is 4.79 Å². The van der Waals surface area contributed by atoms with Gasteiger partial charge in [-0.2, -0.15) is 11.8 Å². The Balaban J connectivity index is 3.40. The van der Waals surface area contributed by atoms with Crippen molar-refractivity contribution >= 4 is 17.7 Å².